The van der Waals surface area contributed by atoms with Crippen molar-refractivity contribution in [2.45, 2.75) is 3.67 Å². The lowest BCUT2D eigenvalue weighted by atomic mass is 10.9. The van der Waals surface area contributed by atoms with E-state index in [2.05, 4.69) is 0 Å². The fraction of sp³-hybridized carbons (Fsp3) is 1.00. The van der Waals surface area contributed by atoms with Crippen molar-refractivity contribution in [3.8, 4) is 0 Å². The first-order valence-corrected chi connectivity index (χ1v) is 7.07. The minimum absolute atomic E-state index is 0.0953. The Morgan fingerprint density at radius 2 is 1.44 bits per heavy atom. The molecule has 0 heterocycles. The molecule has 0 saturated heterocycles. The van der Waals surface area contributed by atoms with Gasteiger partial charge in [-0.3, -0.25) is 0 Å². The van der Waals surface area contributed by atoms with Gasteiger partial charge in [-0.2, -0.15) is 0 Å². The second-order valence-corrected chi connectivity index (χ2v) is 10.5. The van der Waals surface area contributed by atoms with Crippen LogP contribution in [0.3, 0.4) is 0 Å². The predicted molar refractivity (Wildman–Crippen MR) is 50.3 cm³/mol. The molecule has 7 heteroatoms. The molecule has 58 valence electrons. The molecule has 0 aromatic heterocycles. The molecule has 0 nitrogen and oxygen atoms in total. The SMILES string of the molecule is ClCC(Cl)(Cl)S(Cl)(Cl)Cl. The van der Waals surface area contributed by atoms with E-state index >= 15 is 0 Å². The van der Waals surface area contributed by atoms with Gasteiger partial charge >= 0.3 is 0 Å². The van der Waals surface area contributed by atoms with Crippen LogP contribution in [0.5, 0.6) is 0 Å². The van der Waals surface area contributed by atoms with Gasteiger partial charge in [0, 0.05) is 7.67 Å². The summed E-state index contributed by atoms with van der Waals surface area (Å²) in [6.07, 6.45) is 0. The van der Waals surface area contributed by atoms with Crippen LogP contribution >= 0.6 is 74.5 Å². The number of rotatable bonds is 2. The van der Waals surface area contributed by atoms with Crippen LogP contribution in [-0.4, -0.2) is 9.55 Å². The monoisotopic (exact) mass is 268 g/mol. The molecule has 0 fully saturated rings. The van der Waals surface area contributed by atoms with E-state index in [1.807, 2.05) is 0 Å². The van der Waals surface area contributed by atoms with E-state index < -0.39 is 11.3 Å². The third-order valence-electron chi connectivity index (χ3n) is 0.494. The van der Waals surface area contributed by atoms with Crippen molar-refractivity contribution < 1.29 is 0 Å². The molecule has 0 aromatic carbocycles. The zero-order valence-electron chi connectivity index (χ0n) is 3.88. The fourth-order valence-corrected chi connectivity index (χ4v) is 1.67. The van der Waals surface area contributed by atoms with Crippen LogP contribution in [0, 0.1) is 0 Å². The van der Waals surface area contributed by atoms with Gasteiger partial charge in [-0.1, -0.05) is 23.2 Å². The molecule has 9 heavy (non-hydrogen) atoms. The van der Waals surface area contributed by atoms with Crippen molar-refractivity contribution >= 4 is 74.5 Å². The van der Waals surface area contributed by atoms with E-state index in [0.717, 1.165) is 0 Å². The second kappa shape index (κ2) is 3.66. The Kier molecular flexibility index (Phi) is 4.51. The van der Waals surface area contributed by atoms with Gasteiger partial charge in [-0.15, -0.1) is 11.6 Å². The van der Waals surface area contributed by atoms with Gasteiger partial charge < -0.3 is 0 Å². The maximum atomic E-state index is 5.47. The van der Waals surface area contributed by atoms with Gasteiger partial charge in [-0.25, -0.2) is 0 Å². The Labute approximate surface area is 83.5 Å². The zero-order chi connectivity index (χ0) is 7.71. The van der Waals surface area contributed by atoms with Gasteiger partial charge in [0.15, 0.2) is 3.67 Å². The molecule has 0 aliphatic carbocycles. The van der Waals surface area contributed by atoms with Crippen LogP contribution in [0.15, 0.2) is 0 Å². The minimum Gasteiger partial charge on any atom is -0.122 e. The average Bonchev–Trinajstić information content (AvgIpc) is 1.64. The molecule has 0 spiro atoms. The normalized spacial score (nSPS) is 15.8. The van der Waals surface area contributed by atoms with Crippen LogP contribution < -0.4 is 0 Å². The van der Waals surface area contributed by atoms with Crippen LogP contribution in [0.25, 0.3) is 0 Å². The standard InChI is InChI=1S/C2H2Cl6S/c3-1-2(4,5)9(6,7)8/h1H2. The van der Waals surface area contributed by atoms with E-state index in [-0.39, 0.29) is 5.88 Å². The molecule has 0 unspecified atom stereocenters. The number of halogens is 6. The largest absolute Gasteiger partial charge is 0.198 e. The summed E-state index contributed by atoms with van der Waals surface area (Å²) in [5, 5.41) is 0. The zero-order valence-corrected chi connectivity index (χ0v) is 9.24. The summed E-state index contributed by atoms with van der Waals surface area (Å²) in [7, 11) is 13.6. The molecule has 0 aromatic rings. The molecular weight excluding hydrogens is 269 g/mol. The fourth-order valence-electron chi connectivity index (χ4n) is 0.0619. The van der Waals surface area contributed by atoms with Crippen LogP contribution in [0.1, 0.15) is 0 Å². The highest BCUT2D eigenvalue weighted by atomic mass is 36.2. The van der Waals surface area contributed by atoms with Gasteiger partial charge in [-0.05, 0) is 32.0 Å². The highest BCUT2D eigenvalue weighted by Gasteiger charge is 2.40. The van der Waals surface area contributed by atoms with E-state index in [9.17, 15) is 0 Å². The van der Waals surface area contributed by atoms with Crippen LogP contribution in [-0.2, 0) is 0 Å². The molecule has 0 N–H and O–H groups in total. The molecule has 0 aliphatic rings. The Balaban J connectivity index is 4.14. The quantitative estimate of drug-likeness (QED) is 0.642. The Morgan fingerprint density at radius 1 is 1.11 bits per heavy atom. The van der Waals surface area contributed by atoms with Crippen molar-refractivity contribution in [1.82, 2.24) is 0 Å². The van der Waals surface area contributed by atoms with E-state index in [4.69, 9.17) is 66.8 Å². The van der Waals surface area contributed by atoms with E-state index in [1.54, 1.807) is 0 Å². The summed E-state index contributed by atoms with van der Waals surface area (Å²) in [6.45, 7) is 0. The van der Waals surface area contributed by atoms with Crippen LogP contribution in [0.4, 0.5) is 0 Å². The molecule has 0 atom stereocenters. The Hall–Kier alpha value is 2.09. The van der Waals surface area contributed by atoms with Gasteiger partial charge in [0.1, 0.15) is 0 Å². The van der Waals surface area contributed by atoms with Crippen LogP contribution in [0.2, 0.25) is 0 Å². The summed E-state index contributed by atoms with van der Waals surface area (Å²) >= 11 is 16.2. The minimum atomic E-state index is -2.54. The third kappa shape index (κ3) is 3.33. The third-order valence-corrected chi connectivity index (χ3v) is 7.60. The second-order valence-electron chi connectivity index (χ2n) is 1.18. The highest BCUT2D eigenvalue weighted by molar-refractivity contribution is 8.80. The average molecular weight is 271 g/mol. The molecule has 0 bridgehead atoms. The number of hydrogen-bond donors (Lipinski definition) is 0. The lowest BCUT2D eigenvalue weighted by Crippen LogP contribution is -2.13. The number of alkyl halides is 3. The smallest absolute Gasteiger partial charge is 0.122 e. The number of hydrogen-bond acceptors (Lipinski definition) is 0. The molecule has 0 rings (SSSR count). The first-order valence-electron chi connectivity index (χ1n) is 1.67. The van der Waals surface area contributed by atoms with Crippen molar-refractivity contribution in [2.24, 2.45) is 0 Å². The molecule has 0 amide bonds. The summed E-state index contributed by atoms with van der Waals surface area (Å²) in [5.74, 6) is -0.0953. The van der Waals surface area contributed by atoms with E-state index in [1.165, 1.54) is 0 Å². The highest BCUT2D eigenvalue weighted by Crippen LogP contribution is 2.75. The summed E-state index contributed by atoms with van der Waals surface area (Å²) in [6, 6.07) is 0. The maximum absolute atomic E-state index is 5.47. The lowest BCUT2D eigenvalue weighted by Gasteiger charge is -2.28. The first-order chi connectivity index (χ1) is 3.81. The summed E-state index contributed by atoms with van der Waals surface area (Å²) < 4.78 is -1.43. The Morgan fingerprint density at radius 3 is 1.44 bits per heavy atom. The van der Waals surface area contributed by atoms with Crippen molar-refractivity contribution in [1.29, 1.82) is 0 Å². The molecule has 0 radical (unpaired) electrons. The van der Waals surface area contributed by atoms with Crippen molar-refractivity contribution in [3.63, 3.8) is 0 Å². The summed E-state index contributed by atoms with van der Waals surface area (Å²) in [4.78, 5) is 0. The predicted octanol–water partition coefficient (Wildman–Crippen LogP) is 4.62. The summed E-state index contributed by atoms with van der Waals surface area (Å²) in [5.41, 5.74) is 0. The van der Waals surface area contributed by atoms with Gasteiger partial charge in [0.05, 0.1) is 5.88 Å². The van der Waals surface area contributed by atoms with Crippen molar-refractivity contribution in [3.05, 3.63) is 0 Å². The molecule has 0 aliphatic heterocycles. The van der Waals surface area contributed by atoms with Crippen molar-refractivity contribution in [2.75, 3.05) is 5.88 Å². The first kappa shape index (κ1) is 11.1. The Bertz CT molecular complexity index is 93.7. The van der Waals surface area contributed by atoms with E-state index in [0.29, 0.717) is 0 Å². The lowest BCUT2D eigenvalue weighted by molar-refractivity contribution is 1.30. The molecular formula is C2H2Cl6S. The van der Waals surface area contributed by atoms with Gasteiger partial charge in [0.2, 0.25) is 0 Å². The van der Waals surface area contributed by atoms with Gasteiger partial charge in [0.25, 0.3) is 0 Å². The topological polar surface area (TPSA) is 0 Å². The molecule has 0 saturated carbocycles. The maximum Gasteiger partial charge on any atom is 0.198 e.